The molecular formula is C38H44O13. The summed E-state index contributed by atoms with van der Waals surface area (Å²) in [5.41, 5.74) is -0.167. The molecule has 2 fully saturated rings. The fourth-order valence-corrected chi connectivity index (χ4v) is 7.21. The summed E-state index contributed by atoms with van der Waals surface area (Å²) in [5.74, 6) is 3.04. The molecule has 0 spiro atoms. The SMILES string of the molecule is C=CC(C#C/C=C(\C)OC)C12Oc3cc(OC4OC([C@H](O)CO)COC4OC)cc(OC)c3[C@@]1(O)C[C@H](O)[C@H](C(=O)OC)C2C1=CC=C=CC=C1. The van der Waals surface area contributed by atoms with Crippen LogP contribution in [0.4, 0.5) is 0 Å². The first-order chi connectivity index (χ1) is 24.5. The van der Waals surface area contributed by atoms with Gasteiger partial charge in [-0.25, -0.2) is 0 Å². The van der Waals surface area contributed by atoms with Crippen LogP contribution in [0.1, 0.15) is 18.9 Å². The van der Waals surface area contributed by atoms with Gasteiger partial charge < -0.3 is 58.3 Å². The third kappa shape index (κ3) is 6.85. The van der Waals surface area contributed by atoms with Gasteiger partial charge in [0.2, 0.25) is 6.29 Å². The third-order valence-electron chi connectivity index (χ3n) is 9.61. The number of carbonyl (C=O) groups excluding carboxylic acids is 1. The number of aliphatic hydroxyl groups is 4. The molecule has 0 aromatic heterocycles. The van der Waals surface area contributed by atoms with Crippen molar-refractivity contribution in [2.24, 2.45) is 17.8 Å². The van der Waals surface area contributed by atoms with Gasteiger partial charge in [-0.2, -0.15) is 0 Å². The maximum Gasteiger partial charge on any atom is 0.312 e. The van der Waals surface area contributed by atoms with Crippen LogP contribution in [0.15, 0.2) is 78.3 Å². The Hall–Kier alpha value is -4.35. The number of aliphatic hydroxyl groups excluding tert-OH is 3. The zero-order valence-electron chi connectivity index (χ0n) is 29.1. The standard InChI is InChI=1S/C38H44O13/c1-7-24(16-12-13-22(2)44-3)38-32(23-14-10-8-9-11-15-23)31(34(42)46-5)26(40)19-37(38,43)33-28(45-4)17-25(18-29(33)51-38)49-36-35(47-6)48-21-30(50-36)27(41)20-39/h7-8,10-11,13-15,17-18,24,26-27,30-32,35-36,39-41,43H,1,19-21H2,2-6H3/b22-13+/t24?,26-,27+,30?,31-,32?,35?,36?,37-,38?/m0/s1. The first-order valence-corrected chi connectivity index (χ1v) is 16.3. The lowest BCUT2D eigenvalue weighted by molar-refractivity contribution is -0.324. The van der Waals surface area contributed by atoms with Crippen molar-refractivity contribution < 1.29 is 63.1 Å². The fraction of sp³-hybridized carbons (Fsp3) is 0.474. The van der Waals surface area contributed by atoms with Crippen LogP contribution < -0.4 is 14.2 Å². The molecule has 2 aliphatic heterocycles. The van der Waals surface area contributed by atoms with Crippen LogP contribution in [0.5, 0.6) is 17.2 Å². The lowest BCUT2D eigenvalue weighted by Crippen LogP contribution is -2.69. The molecule has 6 unspecified atom stereocenters. The van der Waals surface area contributed by atoms with Gasteiger partial charge >= 0.3 is 5.97 Å². The molecule has 51 heavy (non-hydrogen) atoms. The van der Waals surface area contributed by atoms with Crippen molar-refractivity contribution in [2.75, 3.05) is 41.7 Å². The van der Waals surface area contributed by atoms with Crippen LogP contribution >= 0.6 is 0 Å². The van der Waals surface area contributed by atoms with E-state index in [-0.39, 0.29) is 35.8 Å². The van der Waals surface area contributed by atoms with Crippen LogP contribution in [0.2, 0.25) is 0 Å². The summed E-state index contributed by atoms with van der Waals surface area (Å²) >= 11 is 0. The summed E-state index contributed by atoms with van der Waals surface area (Å²) in [5, 5.41) is 44.7. The second kappa shape index (κ2) is 15.9. The molecule has 4 aliphatic rings. The maximum atomic E-state index is 13.6. The van der Waals surface area contributed by atoms with E-state index in [2.05, 4.69) is 24.2 Å². The van der Waals surface area contributed by atoms with Crippen molar-refractivity contribution in [2.45, 2.75) is 55.4 Å². The van der Waals surface area contributed by atoms with E-state index in [4.69, 9.17) is 37.9 Å². The van der Waals surface area contributed by atoms with Gasteiger partial charge in [-0.15, -0.1) is 12.3 Å². The zero-order valence-corrected chi connectivity index (χ0v) is 29.1. The Morgan fingerprint density at radius 3 is 2.65 bits per heavy atom. The van der Waals surface area contributed by atoms with Gasteiger partial charge in [0.1, 0.15) is 40.8 Å². The third-order valence-corrected chi connectivity index (χ3v) is 9.61. The van der Waals surface area contributed by atoms with E-state index >= 15 is 0 Å². The summed E-state index contributed by atoms with van der Waals surface area (Å²) in [7, 11) is 5.54. The summed E-state index contributed by atoms with van der Waals surface area (Å²) in [4.78, 5) is 13.6. The largest absolute Gasteiger partial charge is 0.501 e. The second-order valence-electron chi connectivity index (χ2n) is 12.4. The van der Waals surface area contributed by atoms with Gasteiger partial charge in [-0.3, -0.25) is 4.79 Å². The number of esters is 1. The van der Waals surface area contributed by atoms with Crippen LogP contribution in [-0.4, -0.2) is 105 Å². The van der Waals surface area contributed by atoms with Gasteiger partial charge in [0.25, 0.3) is 6.29 Å². The van der Waals surface area contributed by atoms with Crippen molar-refractivity contribution >= 4 is 5.97 Å². The number of rotatable bonds is 11. The monoisotopic (exact) mass is 708 g/mol. The minimum absolute atomic E-state index is 0.0601. The Balaban J connectivity index is 1.73. The molecular weight excluding hydrogens is 664 g/mol. The Kier molecular flexibility index (Phi) is 11.8. The molecule has 1 saturated heterocycles. The highest BCUT2D eigenvalue weighted by molar-refractivity contribution is 5.76. The Morgan fingerprint density at radius 1 is 1.20 bits per heavy atom. The zero-order chi connectivity index (χ0) is 36.9. The molecule has 0 radical (unpaired) electrons. The van der Waals surface area contributed by atoms with Crippen LogP contribution in [0.3, 0.4) is 0 Å². The molecule has 10 atom stereocenters. The highest BCUT2D eigenvalue weighted by atomic mass is 16.8. The van der Waals surface area contributed by atoms with E-state index < -0.39 is 72.4 Å². The topological polar surface area (TPSA) is 172 Å². The maximum absolute atomic E-state index is 13.6. The van der Waals surface area contributed by atoms with Crippen LogP contribution in [0.25, 0.3) is 0 Å². The smallest absolute Gasteiger partial charge is 0.312 e. The summed E-state index contributed by atoms with van der Waals surface area (Å²) < 4.78 is 46.5. The van der Waals surface area contributed by atoms with Gasteiger partial charge in [0, 0.05) is 37.7 Å². The molecule has 2 heterocycles. The molecule has 1 saturated carbocycles. The molecule has 1 aromatic carbocycles. The molecule has 13 heteroatoms. The molecule has 2 aliphatic carbocycles. The molecule has 13 nitrogen and oxygen atoms in total. The van der Waals surface area contributed by atoms with Crippen molar-refractivity contribution in [3.8, 4) is 29.1 Å². The number of allylic oxidation sites excluding steroid dienone is 6. The quantitative estimate of drug-likeness (QED) is 0.0868. The minimum Gasteiger partial charge on any atom is -0.501 e. The molecule has 4 N–H and O–H groups in total. The predicted molar refractivity (Wildman–Crippen MR) is 181 cm³/mol. The highest BCUT2D eigenvalue weighted by Crippen LogP contribution is 2.65. The predicted octanol–water partition coefficient (Wildman–Crippen LogP) is 2.19. The molecule has 0 bridgehead atoms. The second-order valence-corrected chi connectivity index (χ2v) is 12.4. The first-order valence-electron chi connectivity index (χ1n) is 16.3. The lowest BCUT2D eigenvalue weighted by Gasteiger charge is -2.55. The van der Waals surface area contributed by atoms with Crippen LogP contribution in [-0.2, 0) is 34.1 Å². The number of carbonyl (C=O) groups is 1. The van der Waals surface area contributed by atoms with E-state index in [1.165, 1.54) is 46.6 Å². The van der Waals surface area contributed by atoms with Crippen molar-refractivity contribution in [1.29, 1.82) is 0 Å². The Morgan fingerprint density at radius 2 is 1.98 bits per heavy atom. The van der Waals surface area contributed by atoms with Gasteiger partial charge in [0.15, 0.2) is 5.60 Å². The molecule has 274 valence electrons. The van der Waals surface area contributed by atoms with Gasteiger partial charge in [-0.1, -0.05) is 36.1 Å². The number of fused-ring (bicyclic) bond motifs is 3. The number of benzene rings is 1. The lowest BCUT2D eigenvalue weighted by atomic mass is 9.53. The van der Waals surface area contributed by atoms with Crippen molar-refractivity contribution in [1.82, 2.24) is 0 Å². The molecule has 1 aromatic rings. The van der Waals surface area contributed by atoms with E-state index in [9.17, 15) is 25.2 Å². The fourth-order valence-electron chi connectivity index (χ4n) is 7.21. The Labute approximate surface area is 296 Å². The van der Waals surface area contributed by atoms with Crippen LogP contribution in [0, 0.1) is 29.6 Å². The summed E-state index contributed by atoms with van der Waals surface area (Å²) in [6.07, 6.45) is 5.46. The van der Waals surface area contributed by atoms with Crippen molar-refractivity contribution in [3.05, 3.63) is 83.9 Å². The van der Waals surface area contributed by atoms with E-state index in [0.717, 1.165) is 0 Å². The number of hydrogen-bond donors (Lipinski definition) is 4. The first kappa shape index (κ1) is 37.9. The van der Waals surface area contributed by atoms with E-state index in [0.29, 0.717) is 11.3 Å². The Bertz CT molecular complexity index is 1690. The minimum atomic E-state index is -2.05. The number of ether oxygens (including phenoxy) is 8. The van der Waals surface area contributed by atoms with Crippen molar-refractivity contribution in [3.63, 3.8) is 0 Å². The number of hydrogen-bond acceptors (Lipinski definition) is 13. The van der Waals surface area contributed by atoms with E-state index in [1.807, 2.05) is 0 Å². The summed E-state index contributed by atoms with van der Waals surface area (Å²) in [6, 6.07) is 3.01. The summed E-state index contributed by atoms with van der Waals surface area (Å²) in [6.45, 7) is 5.17. The normalized spacial score (nSPS) is 32.1. The average molecular weight is 709 g/mol. The van der Waals surface area contributed by atoms with E-state index in [1.54, 1.807) is 43.4 Å². The number of methoxy groups -OCH3 is 4. The van der Waals surface area contributed by atoms with Gasteiger partial charge in [-0.05, 0) is 24.6 Å². The average Bonchev–Trinajstić information content (AvgIpc) is 3.26. The highest BCUT2D eigenvalue weighted by Gasteiger charge is 2.74. The molecule has 5 rings (SSSR count). The molecule has 0 amide bonds. The van der Waals surface area contributed by atoms with Gasteiger partial charge in [0.05, 0.1) is 58.0 Å².